The summed E-state index contributed by atoms with van der Waals surface area (Å²) < 4.78 is 74.3. The van der Waals surface area contributed by atoms with Gasteiger partial charge in [-0.1, -0.05) is 25.1 Å². The molecular formula is C26H30F3N5O3S. The van der Waals surface area contributed by atoms with Crippen molar-refractivity contribution in [3.05, 3.63) is 71.8 Å². The fraction of sp³-hybridized carbons (Fsp3) is 0.423. The first-order chi connectivity index (χ1) is 18.0. The Balaban J connectivity index is 1.51. The topological polar surface area (TPSA) is 97.3 Å². The van der Waals surface area contributed by atoms with Gasteiger partial charge in [0.05, 0.1) is 11.3 Å². The van der Waals surface area contributed by atoms with Gasteiger partial charge in [-0.2, -0.15) is 13.2 Å². The number of rotatable bonds is 8. The highest BCUT2D eigenvalue weighted by molar-refractivity contribution is 7.92. The minimum Gasteiger partial charge on any atom is -0.473 e. The van der Waals surface area contributed by atoms with Gasteiger partial charge in [0, 0.05) is 18.3 Å². The summed E-state index contributed by atoms with van der Waals surface area (Å²) in [7, 11) is -0.106. The summed E-state index contributed by atoms with van der Waals surface area (Å²) in [5, 5.41) is 0. The fourth-order valence-corrected chi connectivity index (χ4v) is 6.06. The Morgan fingerprint density at radius 3 is 2.58 bits per heavy atom. The zero-order valence-corrected chi connectivity index (χ0v) is 22.1. The molecule has 2 aromatic heterocycles. The van der Waals surface area contributed by atoms with E-state index < -0.39 is 21.8 Å². The average Bonchev–Trinajstić information content (AvgIpc) is 2.88. The highest BCUT2D eigenvalue weighted by Gasteiger charge is 2.36. The van der Waals surface area contributed by atoms with Crippen LogP contribution in [0, 0.1) is 0 Å². The van der Waals surface area contributed by atoms with Gasteiger partial charge in [-0.05, 0) is 69.5 Å². The van der Waals surface area contributed by atoms with Crippen LogP contribution in [0.4, 0.5) is 19.0 Å². The molecule has 1 aliphatic rings. The van der Waals surface area contributed by atoms with Crippen molar-refractivity contribution in [2.45, 2.75) is 61.7 Å². The minimum absolute atomic E-state index is 0.0309. The molecule has 1 N–H and O–H groups in total. The van der Waals surface area contributed by atoms with Crippen LogP contribution in [0.25, 0.3) is 0 Å². The zero-order chi connectivity index (χ0) is 27.5. The van der Waals surface area contributed by atoms with E-state index in [0.717, 1.165) is 6.07 Å². The Morgan fingerprint density at radius 2 is 1.92 bits per heavy atom. The van der Waals surface area contributed by atoms with E-state index in [4.69, 9.17) is 4.74 Å². The van der Waals surface area contributed by atoms with Crippen LogP contribution in [0.1, 0.15) is 48.9 Å². The quantitative estimate of drug-likeness (QED) is 0.427. The zero-order valence-electron chi connectivity index (χ0n) is 21.3. The molecule has 3 atom stereocenters. The second-order valence-corrected chi connectivity index (χ2v) is 11.1. The second kappa shape index (κ2) is 11.2. The lowest BCUT2D eigenvalue weighted by molar-refractivity contribution is -0.137. The summed E-state index contributed by atoms with van der Waals surface area (Å²) in [6.07, 6.45) is 0.287. The number of benzene rings is 1. The maximum atomic E-state index is 13.2. The Bertz CT molecular complexity index is 1350. The number of alkyl halides is 3. The number of pyridine rings is 1. The number of aryl methyl sites for hydroxylation is 1. The van der Waals surface area contributed by atoms with Crippen molar-refractivity contribution in [3.63, 3.8) is 0 Å². The largest absolute Gasteiger partial charge is 0.473 e. The van der Waals surface area contributed by atoms with Crippen LogP contribution >= 0.6 is 0 Å². The third-order valence-electron chi connectivity index (χ3n) is 6.73. The summed E-state index contributed by atoms with van der Waals surface area (Å²) >= 11 is 0. The Kier molecular flexibility index (Phi) is 8.22. The normalized spacial score (nSPS) is 20.3. The summed E-state index contributed by atoms with van der Waals surface area (Å²) in [5.74, 6) is 0.412. The molecule has 0 amide bonds. The number of ether oxygens (including phenoxy) is 1. The van der Waals surface area contributed by atoms with Crippen LogP contribution in [0.2, 0.25) is 0 Å². The van der Waals surface area contributed by atoms with Crippen molar-refractivity contribution in [3.8, 4) is 5.88 Å². The lowest BCUT2D eigenvalue weighted by atomic mass is 9.79. The monoisotopic (exact) mass is 549 g/mol. The fourth-order valence-electron chi connectivity index (χ4n) is 4.80. The smallest absolute Gasteiger partial charge is 0.416 e. The Labute approximate surface area is 220 Å². The van der Waals surface area contributed by atoms with E-state index in [9.17, 15) is 21.6 Å². The first-order valence-electron chi connectivity index (χ1n) is 12.3. The van der Waals surface area contributed by atoms with Gasteiger partial charge in [-0.3, -0.25) is 4.72 Å². The number of nitrogens with zero attached hydrogens (tertiary/aromatic N) is 4. The molecule has 1 aromatic carbocycles. The third-order valence-corrected chi connectivity index (χ3v) is 8.16. The van der Waals surface area contributed by atoms with E-state index >= 15 is 0 Å². The average molecular weight is 550 g/mol. The van der Waals surface area contributed by atoms with Gasteiger partial charge in [0.1, 0.15) is 23.1 Å². The van der Waals surface area contributed by atoms with Gasteiger partial charge in [0.15, 0.2) is 0 Å². The standard InChI is InChI=1S/C26H30F3N5O3S/c1-4-20-23(38(35,36)33-24-12-13-30-16-31-24)10-11-25(32-20)37-22-9-8-18(15-21(22)34(2)3)17-6-5-7-19(14-17)26(27,28)29/h5-7,10-14,16,18,21-22H,4,8-9,15H2,1-3H3,(H,30,31,33)/t18-,21-,22?/m0/s1. The Morgan fingerprint density at radius 1 is 1.13 bits per heavy atom. The molecule has 1 saturated carbocycles. The van der Waals surface area contributed by atoms with E-state index in [1.54, 1.807) is 13.0 Å². The van der Waals surface area contributed by atoms with Crippen molar-refractivity contribution >= 4 is 15.8 Å². The predicted molar refractivity (Wildman–Crippen MR) is 136 cm³/mol. The van der Waals surface area contributed by atoms with Gasteiger partial charge in [-0.25, -0.2) is 23.4 Å². The van der Waals surface area contributed by atoms with Crippen molar-refractivity contribution < 1.29 is 26.3 Å². The molecule has 38 heavy (non-hydrogen) atoms. The number of sulfonamides is 1. The van der Waals surface area contributed by atoms with E-state index in [1.165, 1.54) is 42.9 Å². The third kappa shape index (κ3) is 6.41. The van der Waals surface area contributed by atoms with Gasteiger partial charge < -0.3 is 9.64 Å². The highest BCUT2D eigenvalue weighted by atomic mass is 32.2. The van der Waals surface area contributed by atoms with Crippen LogP contribution in [-0.2, 0) is 22.6 Å². The van der Waals surface area contributed by atoms with Gasteiger partial charge in [-0.15, -0.1) is 0 Å². The molecule has 1 unspecified atom stereocenters. The number of aromatic nitrogens is 3. The Hall–Kier alpha value is -3.25. The number of halogens is 3. The molecule has 0 radical (unpaired) electrons. The molecule has 4 rings (SSSR count). The van der Waals surface area contributed by atoms with E-state index in [2.05, 4.69) is 19.7 Å². The molecule has 0 saturated heterocycles. The van der Waals surface area contributed by atoms with Crippen LogP contribution < -0.4 is 9.46 Å². The molecule has 0 bridgehead atoms. The van der Waals surface area contributed by atoms with Crippen LogP contribution in [0.5, 0.6) is 5.88 Å². The van der Waals surface area contributed by atoms with Crippen molar-refractivity contribution in [2.75, 3.05) is 18.8 Å². The molecule has 0 aliphatic heterocycles. The molecule has 3 aromatic rings. The van der Waals surface area contributed by atoms with Crippen molar-refractivity contribution in [1.82, 2.24) is 19.9 Å². The van der Waals surface area contributed by atoms with Crippen molar-refractivity contribution in [1.29, 1.82) is 0 Å². The first-order valence-corrected chi connectivity index (χ1v) is 13.7. The maximum Gasteiger partial charge on any atom is 0.416 e. The van der Waals surface area contributed by atoms with Crippen LogP contribution in [0.3, 0.4) is 0 Å². The number of anilines is 1. The summed E-state index contributed by atoms with van der Waals surface area (Å²) in [6.45, 7) is 1.80. The summed E-state index contributed by atoms with van der Waals surface area (Å²) in [5.41, 5.74) is 0.376. The van der Waals surface area contributed by atoms with Crippen molar-refractivity contribution in [2.24, 2.45) is 0 Å². The molecule has 8 nitrogen and oxygen atoms in total. The summed E-state index contributed by atoms with van der Waals surface area (Å²) in [4.78, 5) is 14.2. The second-order valence-electron chi connectivity index (χ2n) is 9.47. The van der Waals surface area contributed by atoms with Crippen LogP contribution in [-0.4, -0.2) is 54.5 Å². The lowest BCUT2D eigenvalue weighted by Crippen LogP contribution is -2.46. The molecule has 204 valence electrons. The lowest BCUT2D eigenvalue weighted by Gasteiger charge is -2.39. The molecular weight excluding hydrogens is 519 g/mol. The maximum absolute atomic E-state index is 13.2. The van der Waals surface area contributed by atoms with E-state index in [-0.39, 0.29) is 28.8 Å². The predicted octanol–water partition coefficient (Wildman–Crippen LogP) is 4.90. The number of likely N-dealkylation sites (N-methyl/N-ethyl adjacent to an activating group) is 1. The van der Waals surface area contributed by atoms with Gasteiger partial charge in [0.2, 0.25) is 5.88 Å². The number of nitrogens with one attached hydrogen (secondary N) is 1. The van der Waals surface area contributed by atoms with Gasteiger partial charge in [0.25, 0.3) is 10.0 Å². The highest BCUT2D eigenvalue weighted by Crippen LogP contribution is 2.38. The first kappa shape index (κ1) is 27.8. The number of hydrogen-bond acceptors (Lipinski definition) is 7. The van der Waals surface area contributed by atoms with E-state index in [0.29, 0.717) is 42.8 Å². The molecule has 1 fully saturated rings. The molecule has 2 heterocycles. The molecule has 1 aliphatic carbocycles. The number of hydrogen-bond donors (Lipinski definition) is 1. The SMILES string of the molecule is CCc1nc(OC2CC[C@H](c3cccc(C(F)(F)F)c3)C[C@@H]2N(C)C)ccc1S(=O)(=O)Nc1ccncn1. The minimum atomic E-state index is -4.39. The molecule has 0 spiro atoms. The van der Waals surface area contributed by atoms with Gasteiger partial charge >= 0.3 is 6.18 Å². The van der Waals surface area contributed by atoms with Crippen LogP contribution in [0.15, 0.2) is 59.9 Å². The summed E-state index contributed by atoms with van der Waals surface area (Å²) in [6, 6.07) is 9.90. The molecule has 12 heteroatoms. The van der Waals surface area contributed by atoms with E-state index in [1.807, 2.05) is 19.0 Å².